The monoisotopic (exact) mass is 477 g/mol. The Morgan fingerprint density at radius 3 is 2.07 bits per heavy atom. The Hall–Kier alpha value is -2.48. The molecule has 7 nitrogen and oxygen atoms in total. The van der Waals surface area contributed by atoms with E-state index in [4.69, 9.17) is 14.2 Å². The molecule has 1 fully saturated rings. The highest BCUT2D eigenvalue weighted by Crippen LogP contribution is 2.39. The summed E-state index contributed by atoms with van der Waals surface area (Å²) in [6, 6.07) is 7.46. The lowest BCUT2D eigenvalue weighted by molar-refractivity contribution is 0.0745. The van der Waals surface area contributed by atoms with E-state index in [1.165, 1.54) is 0 Å². The van der Waals surface area contributed by atoms with Gasteiger partial charge in [0.2, 0.25) is 5.75 Å². The molecule has 3 rings (SSSR count). The van der Waals surface area contributed by atoms with Gasteiger partial charge in [0.05, 0.1) is 19.8 Å². The third kappa shape index (κ3) is 5.16. The highest BCUT2D eigenvalue weighted by molar-refractivity contribution is 9.10. The summed E-state index contributed by atoms with van der Waals surface area (Å²) in [6.45, 7) is 9.85. The van der Waals surface area contributed by atoms with Crippen molar-refractivity contribution in [3.05, 3.63) is 40.5 Å². The summed E-state index contributed by atoms with van der Waals surface area (Å²) in [7, 11) is 0. The molecule has 1 aromatic carbocycles. The zero-order valence-electron chi connectivity index (χ0n) is 17.7. The van der Waals surface area contributed by atoms with Crippen LogP contribution in [0.2, 0.25) is 0 Å². The lowest BCUT2D eigenvalue weighted by Gasteiger charge is -2.35. The fraction of sp³-hybridized carbons (Fsp3) is 0.455. The minimum Gasteiger partial charge on any atom is -0.490 e. The van der Waals surface area contributed by atoms with Crippen LogP contribution < -0.4 is 19.1 Å². The number of rotatable bonds is 8. The van der Waals surface area contributed by atoms with E-state index in [2.05, 4.69) is 25.8 Å². The number of carbonyl (C=O) groups excluding carboxylic acids is 1. The minimum atomic E-state index is -0.0385. The molecule has 1 saturated heterocycles. The first-order valence-corrected chi connectivity index (χ1v) is 11.1. The predicted molar refractivity (Wildman–Crippen MR) is 120 cm³/mol. The Labute approximate surface area is 186 Å². The van der Waals surface area contributed by atoms with E-state index >= 15 is 0 Å². The van der Waals surface area contributed by atoms with Gasteiger partial charge in [0, 0.05) is 42.4 Å². The molecule has 162 valence electrons. The molecule has 0 unspecified atom stereocenters. The number of piperazine rings is 1. The third-order valence-corrected chi connectivity index (χ3v) is 5.23. The van der Waals surface area contributed by atoms with Crippen LogP contribution in [0.15, 0.2) is 34.9 Å². The van der Waals surface area contributed by atoms with Crippen molar-refractivity contribution >= 4 is 27.7 Å². The molecule has 30 heavy (non-hydrogen) atoms. The first-order chi connectivity index (χ1) is 14.6. The number of aromatic nitrogens is 1. The van der Waals surface area contributed by atoms with Gasteiger partial charge in [-0.2, -0.15) is 0 Å². The number of amides is 1. The maximum absolute atomic E-state index is 13.2. The maximum atomic E-state index is 13.2. The number of pyridine rings is 1. The molecule has 1 aliphatic rings. The van der Waals surface area contributed by atoms with Crippen LogP contribution in [0.4, 0.5) is 5.82 Å². The number of hydrogen-bond acceptors (Lipinski definition) is 6. The standard InChI is InChI=1S/C22H28BrN3O4/c1-4-28-18-13-16(14-19(29-5-2)21(18)30-6-3)22(27)26-11-9-25(10-12-26)20-8-7-17(23)15-24-20/h7-8,13-15H,4-6,9-12H2,1-3H3. The number of benzene rings is 1. The van der Waals surface area contributed by atoms with E-state index in [0.717, 1.165) is 23.4 Å². The molecule has 2 heterocycles. The lowest BCUT2D eigenvalue weighted by atomic mass is 10.1. The SMILES string of the molecule is CCOc1cc(C(=O)N2CCN(c3ccc(Br)cn3)CC2)cc(OCC)c1OCC. The Kier molecular flexibility index (Phi) is 7.79. The highest BCUT2D eigenvalue weighted by atomic mass is 79.9. The van der Waals surface area contributed by atoms with Crippen molar-refractivity contribution in [2.45, 2.75) is 20.8 Å². The maximum Gasteiger partial charge on any atom is 0.254 e. The molecular weight excluding hydrogens is 450 g/mol. The first-order valence-electron chi connectivity index (χ1n) is 10.3. The molecule has 1 amide bonds. The van der Waals surface area contributed by atoms with Gasteiger partial charge in [0.25, 0.3) is 5.91 Å². The quantitative estimate of drug-likeness (QED) is 0.572. The summed E-state index contributed by atoms with van der Waals surface area (Å²) < 4.78 is 18.2. The summed E-state index contributed by atoms with van der Waals surface area (Å²) in [4.78, 5) is 21.7. The average molecular weight is 478 g/mol. The molecule has 1 aliphatic heterocycles. The van der Waals surface area contributed by atoms with Crippen molar-refractivity contribution in [1.82, 2.24) is 9.88 Å². The second-order valence-electron chi connectivity index (χ2n) is 6.71. The van der Waals surface area contributed by atoms with Crippen LogP contribution in [0.25, 0.3) is 0 Å². The molecule has 0 spiro atoms. The van der Waals surface area contributed by atoms with Gasteiger partial charge in [-0.15, -0.1) is 0 Å². The largest absolute Gasteiger partial charge is 0.490 e. The number of hydrogen-bond donors (Lipinski definition) is 0. The fourth-order valence-electron chi connectivity index (χ4n) is 3.39. The molecule has 8 heteroatoms. The van der Waals surface area contributed by atoms with Gasteiger partial charge in [0.15, 0.2) is 11.5 Å². The van der Waals surface area contributed by atoms with Crippen molar-refractivity contribution < 1.29 is 19.0 Å². The van der Waals surface area contributed by atoms with Crippen LogP contribution in [0.5, 0.6) is 17.2 Å². The molecule has 1 aromatic heterocycles. The van der Waals surface area contributed by atoms with Gasteiger partial charge in [-0.1, -0.05) is 0 Å². The number of anilines is 1. The molecule has 0 bridgehead atoms. The van der Waals surface area contributed by atoms with Crippen molar-refractivity contribution in [3.8, 4) is 17.2 Å². The minimum absolute atomic E-state index is 0.0385. The van der Waals surface area contributed by atoms with Gasteiger partial charge < -0.3 is 24.0 Å². The number of nitrogens with zero attached hydrogens (tertiary/aromatic N) is 3. The number of ether oxygens (including phenoxy) is 3. The summed E-state index contributed by atoms with van der Waals surface area (Å²) in [5.74, 6) is 2.49. The van der Waals surface area contributed by atoms with Gasteiger partial charge >= 0.3 is 0 Å². The molecule has 0 N–H and O–H groups in total. The Morgan fingerprint density at radius 1 is 0.967 bits per heavy atom. The van der Waals surface area contributed by atoms with E-state index in [1.54, 1.807) is 18.3 Å². The lowest BCUT2D eigenvalue weighted by Crippen LogP contribution is -2.49. The van der Waals surface area contributed by atoms with Crippen molar-refractivity contribution in [3.63, 3.8) is 0 Å². The normalized spacial score (nSPS) is 13.9. The Morgan fingerprint density at radius 2 is 1.57 bits per heavy atom. The van der Waals surface area contributed by atoms with E-state index in [1.807, 2.05) is 37.8 Å². The average Bonchev–Trinajstić information content (AvgIpc) is 2.76. The van der Waals surface area contributed by atoms with E-state index in [0.29, 0.717) is 55.7 Å². The third-order valence-electron chi connectivity index (χ3n) is 4.76. The second-order valence-corrected chi connectivity index (χ2v) is 7.63. The van der Waals surface area contributed by atoms with Crippen molar-refractivity contribution in [2.75, 3.05) is 50.9 Å². The van der Waals surface area contributed by atoms with Gasteiger partial charge in [-0.25, -0.2) is 4.98 Å². The predicted octanol–water partition coefficient (Wildman–Crippen LogP) is 4.00. The summed E-state index contributed by atoms with van der Waals surface area (Å²) in [6.07, 6.45) is 1.79. The van der Waals surface area contributed by atoms with E-state index < -0.39 is 0 Å². The first kappa shape index (κ1) is 22.2. The van der Waals surface area contributed by atoms with Crippen molar-refractivity contribution in [2.24, 2.45) is 0 Å². The van der Waals surface area contributed by atoms with Crippen molar-refractivity contribution in [1.29, 1.82) is 0 Å². The topological polar surface area (TPSA) is 64.1 Å². The summed E-state index contributed by atoms with van der Waals surface area (Å²) in [5, 5.41) is 0. The highest BCUT2D eigenvalue weighted by Gasteiger charge is 2.25. The van der Waals surface area contributed by atoms with Crippen LogP contribution in [0.1, 0.15) is 31.1 Å². The van der Waals surface area contributed by atoms with Crippen LogP contribution >= 0.6 is 15.9 Å². The van der Waals surface area contributed by atoms with Gasteiger partial charge in [-0.3, -0.25) is 4.79 Å². The molecule has 2 aromatic rings. The van der Waals surface area contributed by atoms with Gasteiger partial charge in [-0.05, 0) is 61.0 Å². The molecule has 0 aliphatic carbocycles. The summed E-state index contributed by atoms with van der Waals surface area (Å²) in [5.41, 5.74) is 0.542. The van der Waals surface area contributed by atoms with Crippen LogP contribution in [0.3, 0.4) is 0 Å². The number of halogens is 1. The summed E-state index contributed by atoms with van der Waals surface area (Å²) >= 11 is 3.41. The molecule has 0 atom stereocenters. The molecule has 0 saturated carbocycles. The molecule has 0 radical (unpaired) electrons. The van der Waals surface area contributed by atoms with E-state index in [9.17, 15) is 4.79 Å². The Bertz CT molecular complexity index is 825. The van der Waals surface area contributed by atoms with Crippen LogP contribution in [-0.2, 0) is 0 Å². The van der Waals surface area contributed by atoms with Crippen LogP contribution in [-0.4, -0.2) is 61.8 Å². The number of carbonyl (C=O) groups is 1. The van der Waals surface area contributed by atoms with Crippen LogP contribution in [0, 0.1) is 0 Å². The molecular formula is C22H28BrN3O4. The smallest absolute Gasteiger partial charge is 0.254 e. The fourth-order valence-corrected chi connectivity index (χ4v) is 3.62. The zero-order valence-corrected chi connectivity index (χ0v) is 19.3. The van der Waals surface area contributed by atoms with Gasteiger partial charge in [0.1, 0.15) is 5.82 Å². The Balaban J connectivity index is 1.76. The zero-order chi connectivity index (χ0) is 21.5. The van der Waals surface area contributed by atoms with E-state index in [-0.39, 0.29) is 5.91 Å². The second kappa shape index (κ2) is 10.5.